The maximum absolute atomic E-state index is 10.9. The second kappa shape index (κ2) is 6.69. The van der Waals surface area contributed by atoms with E-state index in [9.17, 15) is 15.2 Å². The van der Waals surface area contributed by atoms with Gasteiger partial charge in [-0.05, 0) is 28.9 Å². The molecule has 0 radical (unpaired) electrons. The summed E-state index contributed by atoms with van der Waals surface area (Å²) in [5.41, 5.74) is 1.35. The standard InChI is InChI=1S/C15H14BrNO4/c1-10(18)12-6-2-3-8-14(12)21-9-11-5-4-7-13(15(11)16)17(19)20/h2-8,10,18H,9H2,1H3/t10-/m1/s1. The van der Waals surface area contributed by atoms with Gasteiger partial charge in [-0.25, -0.2) is 0 Å². The molecule has 0 aliphatic heterocycles. The SMILES string of the molecule is C[C@@H](O)c1ccccc1OCc1cccc([N+](=O)[O-])c1Br. The van der Waals surface area contributed by atoms with E-state index in [1.165, 1.54) is 6.07 Å². The first-order valence-corrected chi connectivity index (χ1v) is 7.11. The molecule has 21 heavy (non-hydrogen) atoms. The van der Waals surface area contributed by atoms with Crippen LogP contribution < -0.4 is 4.74 Å². The minimum Gasteiger partial charge on any atom is -0.488 e. The lowest BCUT2D eigenvalue weighted by Gasteiger charge is -2.13. The topological polar surface area (TPSA) is 72.6 Å². The fourth-order valence-corrected chi connectivity index (χ4v) is 2.45. The van der Waals surface area contributed by atoms with E-state index in [0.29, 0.717) is 21.3 Å². The zero-order chi connectivity index (χ0) is 15.4. The smallest absolute Gasteiger partial charge is 0.283 e. The Kier molecular flexibility index (Phi) is 4.93. The van der Waals surface area contributed by atoms with E-state index in [0.717, 1.165) is 0 Å². The van der Waals surface area contributed by atoms with E-state index in [-0.39, 0.29) is 12.3 Å². The highest BCUT2D eigenvalue weighted by molar-refractivity contribution is 9.10. The lowest BCUT2D eigenvalue weighted by molar-refractivity contribution is -0.385. The molecule has 5 nitrogen and oxygen atoms in total. The number of para-hydroxylation sites is 1. The molecule has 0 spiro atoms. The quantitative estimate of drug-likeness (QED) is 0.652. The van der Waals surface area contributed by atoms with Crippen LogP contribution >= 0.6 is 15.9 Å². The number of hydrogen-bond acceptors (Lipinski definition) is 4. The summed E-state index contributed by atoms with van der Waals surface area (Å²) in [6, 6.07) is 12.0. The predicted octanol–water partition coefficient (Wildman–Crippen LogP) is 3.99. The number of nitrogens with zero attached hydrogens (tertiary/aromatic N) is 1. The Morgan fingerprint density at radius 1 is 1.29 bits per heavy atom. The third-order valence-electron chi connectivity index (χ3n) is 3.01. The molecular formula is C15H14BrNO4. The number of benzene rings is 2. The van der Waals surface area contributed by atoms with Gasteiger partial charge in [-0.3, -0.25) is 10.1 Å². The maximum atomic E-state index is 10.9. The van der Waals surface area contributed by atoms with Crippen LogP contribution in [0.1, 0.15) is 24.2 Å². The molecule has 2 aromatic rings. The number of halogens is 1. The van der Waals surface area contributed by atoms with Crippen molar-refractivity contribution in [1.82, 2.24) is 0 Å². The van der Waals surface area contributed by atoms with Gasteiger partial charge in [0.25, 0.3) is 5.69 Å². The second-order valence-electron chi connectivity index (χ2n) is 4.51. The zero-order valence-corrected chi connectivity index (χ0v) is 12.9. The molecule has 0 bridgehead atoms. The van der Waals surface area contributed by atoms with E-state index in [1.54, 1.807) is 31.2 Å². The number of hydrogen-bond donors (Lipinski definition) is 1. The van der Waals surface area contributed by atoms with E-state index < -0.39 is 11.0 Å². The fourth-order valence-electron chi connectivity index (χ4n) is 1.93. The predicted molar refractivity (Wildman–Crippen MR) is 82.2 cm³/mol. The average Bonchev–Trinajstić information content (AvgIpc) is 2.46. The second-order valence-corrected chi connectivity index (χ2v) is 5.30. The number of nitro benzene ring substituents is 1. The number of ether oxygens (including phenoxy) is 1. The zero-order valence-electron chi connectivity index (χ0n) is 11.3. The van der Waals surface area contributed by atoms with Crippen LogP contribution in [0.2, 0.25) is 0 Å². The minimum absolute atomic E-state index is 0.0000820. The van der Waals surface area contributed by atoms with Gasteiger partial charge in [0.1, 0.15) is 16.8 Å². The van der Waals surface area contributed by atoms with E-state index in [2.05, 4.69) is 15.9 Å². The molecule has 0 fully saturated rings. The van der Waals surface area contributed by atoms with Crippen molar-refractivity contribution in [2.24, 2.45) is 0 Å². The fraction of sp³-hybridized carbons (Fsp3) is 0.200. The van der Waals surface area contributed by atoms with Gasteiger partial charge < -0.3 is 9.84 Å². The molecular weight excluding hydrogens is 338 g/mol. The molecule has 0 amide bonds. The Bertz CT molecular complexity index is 658. The minimum atomic E-state index is -0.644. The summed E-state index contributed by atoms with van der Waals surface area (Å²) in [6.07, 6.45) is -0.644. The normalized spacial score (nSPS) is 12.0. The van der Waals surface area contributed by atoms with Gasteiger partial charge >= 0.3 is 0 Å². The van der Waals surface area contributed by atoms with Crippen LogP contribution in [0, 0.1) is 10.1 Å². The van der Waals surface area contributed by atoms with E-state index in [4.69, 9.17) is 4.74 Å². The van der Waals surface area contributed by atoms with E-state index >= 15 is 0 Å². The first kappa shape index (κ1) is 15.5. The van der Waals surface area contributed by atoms with Crippen LogP contribution in [0.4, 0.5) is 5.69 Å². The third-order valence-corrected chi connectivity index (χ3v) is 3.92. The highest BCUT2D eigenvalue weighted by Gasteiger charge is 2.16. The van der Waals surface area contributed by atoms with Crippen LogP contribution in [0.3, 0.4) is 0 Å². The molecule has 1 atom stereocenters. The van der Waals surface area contributed by atoms with Crippen LogP contribution in [0.15, 0.2) is 46.9 Å². The monoisotopic (exact) mass is 351 g/mol. The Balaban J connectivity index is 2.21. The lowest BCUT2D eigenvalue weighted by atomic mass is 10.1. The lowest BCUT2D eigenvalue weighted by Crippen LogP contribution is -2.02. The number of aliphatic hydroxyl groups is 1. The van der Waals surface area contributed by atoms with Gasteiger partial charge in [0.2, 0.25) is 0 Å². The van der Waals surface area contributed by atoms with E-state index in [1.807, 2.05) is 12.1 Å². The van der Waals surface area contributed by atoms with Crippen molar-refractivity contribution in [2.75, 3.05) is 0 Å². The van der Waals surface area contributed by atoms with Crippen molar-refractivity contribution < 1.29 is 14.8 Å². The molecule has 0 aliphatic carbocycles. The summed E-state index contributed by atoms with van der Waals surface area (Å²) < 4.78 is 6.09. The van der Waals surface area contributed by atoms with Gasteiger partial charge in [0, 0.05) is 17.2 Å². The van der Waals surface area contributed by atoms with Gasteiger partial charge in [0.15, 0.2) is 0 Å². The van der Waals surface area contributed by atoms with Crippen LogP contribution in [-0.2, 0) is 6.61 Å². The Hall–Kier alpha value is -1.92. The Labute approximate surface area is 130 Å². The molecule has 0 heterocycles. The highest BCUT2D eigenvalue weighted by atomic mass is 79.9. The van der Waals surface area contributed by atoms with Crippen molar-refractivity contribution in [3.05, 3.63) is 68.2 Å². The summed E-state index contributed by atoms with van der Waals surface area (Å²) in [6.45, 7) is 1.83. The molecule has 1 N–H and O–H groups in total. The largest absolute Gasteiger partial charge is 0.488 e. The van der Waals surface area contributed by atoms with Gasteiger partial charge in [-0.15, -0.1) is 0 Å². The number of nitro groups is 1. The highest BCUT2D eigenvalue weighted by Crippen LogP contribution is 2.30. The Morgan fingerprint density at radius 2 is 2.00 bits per heavy atom. The summed E-state index contributed by atoms with van der Waals surface area (Å²) in [7, 11) is 0. The van der Waals surface area contributed by atoms with Crippen LogP contribution in [-0.4, -0.2) is 10.0 Å². The summed E-state index contributed by atoms with van der Waals surface area (Å²) in [5, 5.41) is 20.6. The molecule has 0 unspecified atom stereocenters. The molecule has 0 aliphatic rings. The molecule has 6 heteroatoms. The molecule has 110 valence electrons. The molecule has 2 rings (SSSR count). The third kappa shape index (κ3) is 3.59. The van der Waals surface area contributed by atoms with Gasteiger partial charge in [-0.1, -0.05) is 30.3 Å². The van der Waals surface area contributed by atoms with Crippen molar-refractivity contribution >= 4 is 21.6 Å². The average molecular weight is 352 g/mol. The van der Waals surface area contributed by atoms with Crippen molar-refractivity contribution in [3.8, 4) is 5.75 Å². The van der Waals surface area contributed by atoms with Gasteiger partial charge in [0.05, 0.1) is 11.0 Å². The van der Waals surface area contributed by atoms with Crippen LogP contribution in [0.5, 0.6) is 5.75 Å². The molecule has 0 saturated carbocycles. The first-order valence-electron chi connectivity index (χ1n) is 6.32. The number of rotatable bonds is 5. The molecule has 0 saturated heterocycles. The first-order chi connectivity index (χ1) is 10.0. The summed E-state index contributed by atoms with van der Waals surface area (Å²) in [5.74, 6) is 0.561. The Morgan fingerprint density at radius 3 is 2.67 bits per heavy atom. The van der Waals surface area contributed by atoms with Crippen molar-refractivity contribution in [1.29, 1.82) is 0 Å². The van der Waals surface area contributed by atoms with Gasteiger partial charge in [-0.2, -0.15) is 0 Å². The number of aliphatic hydroxyl groups excluding tert-OH is 1. The van der Waals surface area contributed by atoms with Crippen molar-refractivity contribution in [3.63, 3.8) is 0 Å². The summed E-state index contributed by atoms with van der Waals surface area (Å²) >= 11 is 3.23. The molecule has 0 aromatic heterocycles. The summed E-state index contributed by atoms with van der Waals surface area (Å²) in [4.78, 5) is 10.4. The molecule has 2 aromatic carbocycles. The maximum Gasteiger partial charge on any atom is 0.283 e. The van der Waals surface area contributed by atoms with Crippen LogP contribution in [0.25, 0.3) is 0 Å². The van der Waals surface area contributed by atoms with Crippen molar-refractivity contribution in [2.45, 2.75) is 19.6 Å².